The zero-order chi connectivity index (χ0) is 19.2. The molecule has 1 amide bonds. The van der Waals surface area contributed by atoms with Gasteiger partial charge in [-0.05, 0) is 43.3 Å². The molecule has 0 aliphatic carbocycles. The molecule has 144 valence electrons. The summed E-state index contributed by atoms with van der Waals surface area (Å²) in [5.74, 6) is 1.04. The minimum Gasteiger partial charge on any atom is -0.465 e. The van der Waals surface area contributed by atoms with Crippen LogP contribution in [0.2, 0.25) is 0 Å². The number of ether oxygens (including phenoxy) is 2. The van der Waals surface area contributed by atoms with Gasteiger partial charge in [0, 0.05) is 25.2 Å². The summed E-state index contributed by atoms with van der Waals surface area (Å²) in [5.41, 5.74) is 0.894. The van der Waals surface area contributed by atoms with Crippen molar-refractivity contribution in [1.82, 2.24) is 10.2 Å². The summed E-state index contributed by atoms with van der Waals surface area (Å²) in [7, 11) is 1.32. The van der Waals surface area contributed by atoms with Crippen LogP contribution in [0.1, 0.15) is 38.3 Å². The van der Waals surface area contributed by atoms with Gasteiger partial charge in [-0.25, -0.2) is 4.79 Å². The Morgan fingerprint density at radius 1 is 1.11 bits per heavy atom. The van der Waals surface area contributed by atoms with E-state index >= 15 is 0 Å². The number of morpholine rings is 1. The summed E-state index contributed by atoms with van der Waals surface area (Å²) in [5, 5.41) is 2.97. The summed E-state index contributed by atoms with van der Waals surface area (Å²) in [6, 6.07) is 10.2. The number of amides is 1. The van der Waals surface area contributed by atoms with E-state index in [0.717, 1.165) is 24.6 Å². The van der Waals surface area contributed by atoms with Crippen LogP contribution in [0.5, 0.6) is 0 Å². The smallest absolute Gasteiger partial charge is 0.337 e. The highest BCUT2D eigenvalue weighted by atomic mass is 16.5. The number of nitrogens with one attached hydrogen (secondary N) is 1. The van der Waals surface area contributed by atoms with Crippen molar-refractivity contribution in [3.8, 4) is 0 Å². The molecule has 2 aromatic rings. The molecular weight excluding hydrogens is 348 g/mol. The van der Waals surface area contributed by atoms with Crippen LogP contribution in [0.15, 0.2) is 40.8 Å². The van der Waals surface area contributed by atoms with Gasteiger partial charge in [-0.3, -0.25) is 9.69 Å². The van der Waals surface area contributed by atoms with Crippen molar-refractivity contribution >= 4 is 11.9 Å². The minimum absolute atomic E-state index is 0.0547. The van der Waals surface area contributed by atoms with Crippen molar-refractivity contribution in [1.29, 1.82) is 0 Å². The highest BCUT2D eigenvalue weighted by Gasteiger charge is 2.25. The van der Waals surface area contributed by atoms with Crippen LogP contribution in [0.25, 0.3) is 0 Å². The lowest BCUT2D eigenvalue weighted by molar-refractivity contribution is 0.0117. The third-order valence-corrected chi connectivity index (χ3v) is 4.60. The molecule has 7 heteroatoms. The molecular formula is C20H24N2O5. The number of methoxy groups -OCH3 is 1. The summed E-state index contributed by atoms with van der Waals surface area (Å²) in [6.07, 6.45) is 0. The number of carbonyl (C=O) groups is 2. The second-order valence-electron chi connectivity index (χ2n) is 6.39. The lowest BCUT2D eigenvalue weighted by Crippen LogP contribution is -2.43. The summed E-state index contributed by atoms with van der Waals surface area (Å²) >= 11 is 0. The van der Waals surface area contributed by atoms with Crippen molar-refractivity contribution in [2.24, 2.45) is 0 Å². The molecule has 7 nitrogen and oxygen atoms in total. The standard InChI is InChI=1S/C20H24N2O5/c1-14-3-8-18(27-14)17(22-9-11-26-12-10-22)13-21-19(23)15-4-6-16(7-5-15)20(24)25-2/h3-8,17H,9-13H2,1-2H3,(H,21,23)/t17-/m0/s1. The maximum atomic E-state index is 12.5. The third-order valence-electron chi connectivity index (χ3n) is 4.60. The molecule has 1 aliphatic heterocycles. The molecule has 0 saturated carbocycles. The van der Waals surface area contributed by atoms with E-state index in [9.17, 15) is 9.59 Å². The molecule has 1 atom stereocenters. The van der Waals surface area contributed by atoms with Gasteiger partial charge < -0.3 is 19.2 Å². The van der Waals surface area contributed by atoms with Crippen LogP contribution in [-0.4, -0.2) is 56.7 Å². The second kappa shape index (κ2) is 8.83. The Labute approximate surface area is 158 Å². The number of hydrogen-bond donors (Lipinski definition) is 1. The lowest BCUT2D eigenvalue weighted by Gasteiger charge is -2.33. The molecule has 1 saturated heterocycles. The summed E-state index contributed by atoms with van der Waals surface area (Å²) in [4.78, 5) is 26.3. The number of hydrogen-bond acceptors (Lipinski definition) is 6. The quantitative estimate of drug-likeness (QED) is 0.783. The van der Waals surface area contributed by atoms with E-state index in [-0.39, 0.29) is 11.9 Å². The van der Waals surface area contributed by atoms with Crippen LogP contribution in [-0.2, 0) is 9.47 Å². The molecule has 0 radical (unpaired) electrons. The van der Waals surface area contributed by atoms with Crippen molar-refractivity contribution in [3.63, 3.8) is 0 Å². The first-order valence-electron chi connectivity index (χ1n) is 8.93. The fourth-order valence-corrected chi connectivity index (χ4v) is 3.10. The van der Waals surface area contributed by atoms with E-state index in [2.05, 4.69) is 15.0 Å². The first-order valence-corrected chi connectivity index (χ1v) is 8.93. The number of furan rings is 1. The van der Waals surface area contributed by atoms with Gasteiger partial charge in [-0.2, -0.15) is 0 Å². The first kappa shape index (κ1) is 19.1. The maximum absolute atomic E-state index is 12.5. The van der Waals surface area contributed by atoms with Crippen molar-refractivity contribution in [3.05, 3.63) is 59.0 Å². The minimum atomic E-state index is -0.428. The Bertz CT molecular complexity index is 778. The predicted molar refractivity (Wildman–Crippen MR) is 98.7 cm³/mol. The number of aryl methyl sites for hydroxylation is 1. The van der Waals surface area contributed by atoms with Gasteiger partial charge in [-0.15, -0.1) is 0 Å². The zero-order valence-electron chi connectivity index (χ0n) is 15.6. The zero-order valence-corrected chi connectivity index (χ0v) is 15.6. The Kier molecular flexibility index (Phi) is 6.26. The normalized spacial score (nSPS) is 15.9. The number of carbonyl (C=O) groups excluding carboxylic acids is 2. The highest BCUT2D eigenvalue weighted by molar-refractivity contribution is 5.96. The monoisotopic (exact) mass is 372 g/mol. The molecule has 1 aromatic heterocycles. The third kappa shape index (κ3) is 4.75. The highest BCUT2D eigenvalue weighted by Crippen LogP contribution is 2.23. The number of rotatable bonds is 6. The van der Waals surface area contributed by atoms with E-state index in [1.807, 2.05) is 19.1 Å². The van der Waals surface area contributed by atoms with E-state index in [4.69, 9.17) is 9.15 Å². The average Bonchev–Trinajstić information content (AvgIpc) is 3.14. The molecule has 0 bridgehead atoms. The van der Waals surface area contributed by atoms with Crippen molar-refractivity contribution < 1.29 is 23.5 Å². The molecule has 2 heterocycles. The van der Waals surface area contributed by atoms with Gasteiger partial charge >= 0.3 is 5.97 Å². The topological polar surface area (TPSA) is 81.0 Å². The van der Waals surface area contributed by atoms with Crippen LogP contribution >= 0.6 is 0 Å². The van der Waals surface area contributed by atoms with Gasteiger partial charge in [0.25, 0.3) is 5.91 Å². The van der Waals surface area contributed by atoms with Crippen molar-refractivity contribution in [2.45, 2.75) is 13.0 Å². The van der Waals surface area contributed by atoms with Gasteiger partial charge in [0.05, 0.1) is 31.9 Å². The molecule has 1 aliphatic rings. The average molecular weight is 372 g/mol. The van der Waals surface area contributed by atoms with Crippen LogP contribution in [0, 0.1) is 6.92 Å². The first-order chi connectivity index (χ1) is 13.1. The van der Waals surface area contributed by atoms with Gasteiger partial charge in [-0.1, -0.05) is 0 Å². The molecule has 1 fully saturated rings. The largest absolute Gasteiger partial charge is 0.465 e. The molecule has 1 aromatic carbocycles. The molecule has 27 heavy (non-hydrogen) atoms. The van der Waals surface area contributed by atoms with E-state index in [1.165, 1.54) is 7.11 Å². The molecule has 0 spiro atoms. The Morgan fingerprint density at radius 2 is 1.78 bits per heavy atom. The second-order valence-corrected chi connectivity index (χ2v) is 6.39. The summed E-state index contributed by atoms with van der Waals surface area (Å²) < 4.78 is 15.9. The number of esters is 1. The Balaban J connectivity index is 1.67. The van der Waals surface area contributed by atoms with Gasteiger partial charge in [0.15, 0.2) is 0 Å². The fourth-order valence-electron chi connectivity index (χ4n) is 3.10. The maximum Gasteiger partial charge on any atom is 0.337 e. The van der Waals surface area contributed by atoms with Crippen LogP contribution in [0.3, 0.4) is 0 Å². The fraction of sp³-hybridized carbons (Fsp3) is 0.400. The predicted octanol–water partition coefficient (Wildman–Crippen LogP) is 2.18. The van der Waals surface area contributed by atoms with E-state index < -0.39 is 5.97 Å². The Morgan fingerprint density at radius 3 is 2.37 bits per heavy atom. The number of benzene rings is 1. The Hall–Kier alpha value is -2.64. The SMILES string of the molecule is COC(=O)c1ccc(C(=O)NC[C@@H](c2ccc(C)o2)N2CCOCC2)cc1. The van der Waals surface area contributed by atoms with E-state index in [0.29, 0.717) is 30.9 Å². The lowest BCUT2D eigenvalue weighted by atomic mass is 10.1. The molecule has 3 rings (SSSR count). The van der Waals surface area contributed by atoms with Crippen molar-refractivity contribution in [2.75, 3.05) is 40.0 Å². The van der Waals surface area contributed by atoms with Gasteiger partial charge in [0.1, 0.15) is 11.5 Å². The van der Waals surface area contributed by atoms with E-state index in [1.54, 1.807) is 24.3 Å². The summed E-state index contributed by atoms with van der Waals surface area (Å²) in [6.45, 7) is 5.23. The molecule has 1 N–H and O–H groups in total. The van der Waals surface area contributed by atoms with Crippen LogP contribution in [0.4, 0.5) is 0 Å². The molecule has 0 unspecified atom stereocenters. The van der Waals surface area contributed by atoms with Gasteiger partial charge in [0.2, 0.25) is 0 Å². The number of nitrogens with zero attached hydrogens (tertiary/aromatic N) is 1. The van der Waals surface area contributed by atoms with Crippen LogP contribution < -0.4 is 5.32 Å².